The Morgan fingerprint density at radius 3 is 2.78 bits per heavy atom. The van der Waals surface area contributed by atoms with Crippen molar-refractivity contribution in [1.29, 1.82) is 0 Å². The summed E-state index contributed by atoms with van der Waals surface area (Å²) in [6.07, 6.45) is 11.4. The first-order valence-electron chi connectivity index (χ1n) is 9.58. The largest absolute Gasteiger partial charge is 0.489 e. The van der Waals surface area contributed by atoms with Crippen LogP contribution in [-0.4, -0.2) is 22.3 Å². The zero-order valence-electron chi connectivity index (χ0n) is 15.6. The monoisotopic (exact) mass is 363 g/mol. The highest BCUT2D eigenvalue weighted by molar-refractivity contribution is 5.91. The summed E-state index contributed by atoms with van der Waals surface area (Å²) in [6, 6.07) is 9.72. The standard InChI is InChI=1S/C22H25N3O2/c1-25-21(14-20(24-25)18-9-10-18)23-22(26)13-16-7-11-19(12-8-16)27-15-17-5-3-2-4-6-17/h3,5-8,11-12,14,18H,2,4,9-10,13,15H2,1H3,(H,23,26). The van der Waals surface area contributed by atoms with Crippen molar-refractivity contribution in [1.82, 2.24) is 9.78 Å². The molecule has 1 N–H and O–H groups in total. The number of carbonyl (C=O) groups is 1. The van der Waals surface area contributed by atoms with E-state index in [1.54, 1.807) is 4.68 Å². The lowest BCUT2D eigenvalue weighted by Crippen LogP contribution is -2.16. The molecule has 1 aromatic carbocycles. The molecule has 0 saturated heterocycles. The lowest BCUT2D eigenvalue weighted by molar-refractivity contribution is -0.115. The van der Waals surface area contributed by atoms with Gasteiger partial charge in [-0.15, -0.1) is 0 Å². The van der Waals surface area contributed by atoms with Crippen molar-refractivity contribution in [2.24, 2.45) is 7.05 Å². The summed E-state index contributed by atoms with van der Waals surface area (Å²) < 4.78 is 7.56. The molecule has 0 radical (unpaired) electrons. The number of benzene rings is 1. The van der Waals surface area contributed by atoms with Gasteiger partial charge in [0.15, 0.2) is 0 Å². The minimum Gasteiger partial charge on any atom is -0.489 e. The Morgan fingerprint density at radius 1 is 1.26 bits per heavy atom. The van der Waals surface area contributed by atoms with Crippen molar-refractivity contribution in [3.8, 4) is 5.75 Å². The molecule has 2 aliphatic carbocycles. The highest BCUT2D eigenvalue weighted by atomic mass is 16.5. The quantitative estimate of drug-likeness (QED) is 0.804. The van der Waals surface area contributed by atoms with Crippen LogP contribution in [-0.2, 0) is 18.3 Å². The van der Waals surface area contributed by atoms with Crippen molar-refractivity contribution < 1.29 is 9.53 Å². The molecule has 1 fully saturated rings. The number of allylic oxidation sites excluding steroid dienone is 2. The lowest BCUT2D eigenvalue weighted by Gasteiger charge is -2.10. The molecule has 27 heavy (non-hydrogen) atoms. The average Bonchev–Trinajstić information content (AvgIpc) is 3.47. The van der Waals surface area contributed by atoms with E-state index in [0.717, 1.165) is 35.7 Å². The molecular formula is C22H25N3O2. The van der Waals surface area contributed by atoms with E-state index in [0.29, 0.717) is 18.9 Å². The third-order valence-corrected chi connectivity index (χ3v) is 4.93. The molecule has 4 rings (SSSR count). The fourth-order valence-corrected chi connectivity index (χ4v) is 3.20. The van der Waals surface area contributed by atoms with Crippen LogP contribution in [0.5, 0.6) is 5.75 Å². The number of hydrogen-bond acceptors (Lipinski definition) is 3. The number of hydrogen-bond donors (Lipinski definition) is 1. The van der Waals surface area contributed by atoms with Crippen LogP contribution in [0.4, 0.5) is 5.82 Å². The van der Waals surface area contributed by atoms with Crippen molar-refractivity contribution in [3.63, 3.8) is 0 Å². The molecular weight excluding hydrogens is 338 g/mol. The lowest BCUT2D eigenvalue weighted by atomic mass is 10.1. The second-order valence-electron chi connectivity index (χ2n) is 7.27. The zero-order valence-corrected chi connectivity index (χ0v) is 15.6. The van der Waals surface area contributed by atoms with Gasteiger partial charge in [-0.05, 0) is 49.0 Å². The van der Waals surface area contributed by atoms with Gasteiger partial charge < -0.3 is 10.1 Å². The number of amides is 1. The van der Waals surface area contributed by atoms with E-state index < -0.39 is 0 Å². The summed E-state index contributed by atoms with van der Waals surface area (Å²) in [5, 5.41) is 7.44. The van der Waals surface area contributed by atoms with Crippen LogP contribution >= 0.6 is 0 Å². The predicted molar refractivity (Wildman–Crippen MR) is 106 cm³/mol. The van der Waals surface area contributed by atoms with Crippen molar-refractivity contribution in [2.45, 2.75) is 38.0 Å². The smallest absolute Gasteiger partial charge is 0.229 e. The molecule has 2 aliphatic rings. The van der Waals surface area contributed by atoms with E-state index in [4.69, 9.17) is 4.74 Å². The summed E-state index contributed by atoms with van der Waals surface area (Å²) in [6.45, 7) is 0.583. The van der Waals surface area contributed by atoms with Gasteiger partial charge in [-0.1, -0.05) is 30.4 Å². The fraction of sp³-hybridized carbons (Fsp3) is 0.364. The van der Waals surface area contributed by atoms with Gasteiger partial charge in [-0.2, -0.15) is 5.10 Å². The Bertz CT molecular complexity index is 873. The van der Waals surface area contributed by atoms with E-state index >= 15 is 0 Å². The number of aromatic nitrogens is 2. The van der Waals surface area contributed by atoms with Crippen LogP contribution in [0, 0.1) is 0 Å². The molecule has 5 heteroatoms. The minimum atomic E-state index is -0.0356. The number of carbonyl (C=O) groups excluding carboxylic acids is 1. The molecule has 1 aromatic heterocycles. The summed E-state index contributed by atoms with van der Waals surface area (Å²) in [5.74, 6) is 2.12. The van der Waals surface area contributed by atoms with Gasteiger partial charge in [-0.25, -0.2) is 0 Å². The molecule has 0 spiro atoms. The molecule has 2 aromatic rings. The highest BCUT2D eigenvalue weighted by Gasteiger charge is 2.27. The molecule has 0 atom stereocenters. The van der Waals surface area contributed by atoms with Crippen LogP contribution in [0.15, 0.2) is 54.1 Å². The SMILES string of the molecule is Cn1nc(C2CC2)cc1NC(=O)Cc1ccc(OCC2=CCCC=C2)cc1. The summed E-state index contributed by atoms with van der Waals surface area (Å²) >= 11 is 0. The number of ether oxygens (including phenoxy) is 1. The first kappa shape index (κ1) is 17.6. The van der Waals surface area contributed by atoms with E-state index in [9.17, 15) is 4.79 Å². The molecule has 0 bridgehead atoms. The van der Waals surface area contributed by atoms with Crippen LogP contribution in [0.25, 0.3) is 0 Å². The van der Waals surface area contributed by atoms with Gasteiger partial charge in [0.25, 0.3) is 0 Å². The fourth-order valence-electron chi connectivity index (χ4n) is 3.20. The maximum Gasteiger partial charge on any atom is 0.229 e. The Hall–Kier alpha value is -2.82. The molecule has 1 amide bonds. The second-order valence-corrected chi connectivity index (χ2v) is 7.27. The van der Waals surface area contributed by atoms with Crippen molar-refractivity contribution in [3.05, 3.63) is 65.4 Å². The van der Waals surface area contributed by atoms with E-state index in [-0.39, 0.29) is 5.91 Å². The minimum absolute atomic E-state index is 0.0356. The third kappa shape index (κ3) is 4.67. The average molecular weight is 363 g/mol. The van der Waals surface area contributed by atoms with Gasteiger partial charge in [0, 0.05) is 19.0 Å². The van der Waals surface area contributed by atoms with Crippen molar-refractivity contribution >= 4 is 11.7 Å². The number of rotatable bonds is 7. The Balaban J connectivity index is 1.29. The van der Waals surface area contributed by atoms with Crippen molar-refractivity contribution in [2.75, 3.05) is 11.9 Å². The molecule has 1 saturated carbocycles. The molecule has 140 valence electrons. The zero-order chi connectivity index (χ0) is 18.6. The second kappa shape index (κ2) is 7.82. The maximum atomic E-state index is 12.3. The van der Waals surface area contributed by atoms with Crippen LogP contribution in [0.1, 0.15) is 42.9 Å². The number of anilines is 1. The van der Waals surface area contributed by atoms with Crippen LogP contribution < -0.4 is 10.1 Å². The normalized spacial score (nSPS) is 16.1. The predicted octanol–water partition coefficient (Wildman–Crippen LogP) is 4.13. The maximum absolute atomic E-state index is 12.3. The number of aryl methyl sites for hydroxylation is 1. The highest BCUT2D eigenvalue weighted by Crippen LogP contribution is 2.39. The summed E-state index contributed by atoms with van der Waals surface area (Å²) in [4.78, 5) is 12.3. The number of nitrogens with zero attached hydrogens (tertiary/aromatic N) is 2. The van der Waals surface area contributed by atoms with Crippen LogP contribution in [0.3, 0.4) is 0 Å². The Kier molecular flexibility index (Phi) is 5.10. The van der Waals surface area contributed by atoms with Crippen LogP contribution in [0.2, 0.25) is 0 Å². The summed E-state index contributed by atoms with van der Waals surface area (Å²) in [7, 11) is 1.87. The van der Waals surface area contributed by atoms with Gasteiger partial charge in [0.2, 0.25) is 5.91 Å². The first-order chi connectivity index (χ1) is 13.2. The molecule has 0 unspecified atom stereocenters. The Morgan fingerprint density at radius 2 is 2.07 bits per heavy atom. The Labute approximate surface area is 159 Å². The van der Waals surface area contributed by atoms with E-state index in [1.165, 1.54) is 18.4 Å². The molecule has 1 heterocycles. The van der Waals surface area contributed by atoms with Gasteiger partial charge in [0.05, 0.1) is 12.1 Å². The topological polar surface area (TPSA) is 56.2 Å². The van der Waals surface area contributed by atoms with Gasteiger partial charge >= 0.3 is 0 Å². The number of nitrogens with one attached hydrogen (secondary N) is 1. The first-order valence-corrected chi connectivity index (χ1v) is 9.58. The summed E-state index contributed by atoms with van der Waals surface area (Å²) in [5.41, 5.74) is 3.25. The van der Waals surface area contributed by atoms with Gasteiger partial charge in [0.1, 0.15) is 18.2 Å². The molecule has 5 nitrogen and oxygen atoms in total. The van der Waals surface area contributed by atoms with E-state index in [1.807, 2.05) is 37.4 Å². The van der Waals surface area contributed by atoms with Gasteiger partial charge in [-0.3, -0.25) is 9.48 Å². The van der Waals surface area contributed by atoms with E-state index in [2.05, 4.69) is 28.6 Å². The third-order valence-electron chi connectivity index (χ3n) is 4.93. The molecule has 0 aliphatic heterocycles.